The third-order valence-corrected chi connectivity index (χ3v) is 5.06. The Hall–Kier alpha value is -2.54. The summed E-state index contributed by atoms with van der Waals surface area (Å²) in [5.41, 5.74) is 0.796. The first-order chi connectivity index (χ1) is 13.6. The summed E-state index contributed by atoms with van der Waals surface area (Å²) in [6.45, 7) is 8.68. The van der Waals surface area contributed by atoms with Crippen LogP contribution in [0.1, 0.15) is 44.5 Å². The van der Waals surface area contributed by atoms with Gasteiger partial charge in [-0.15, -0.1) is 0 Å². The number of hydrogen-bond acceptors (Lipinski definition) is 4. The molecule has 1 fully saturated rings. The molecule has 2 atom stereocenters. The van der Waals surface area contributed by atoms with Crippen LogP contribution < -0.4 is 5.32 Å². The van der Waals surface area contributed by atoms with Crippen LogP contribution in [0.3, 0.4) is 0 Å². The fourth-order valence-electron chi connectivity index (χ4n) is 3.28. The number of nitrogens with one attached hydrogen (secondary N) is 1. The number of aromatic nitrogens is 2. The molecule has 1 aliphatic rings. The highest BCUT2D eigenvalue weighted by Gasteiger charge is 2.32. The van der Waals surface area contributed by atoms with Gasteiger partial charge < -0.3 is 15.0 Å². The number of halogens is 1. The molecule has 0 unspecified atom stereocenters. The monoisotopic (exact) mass is 418 g/mol. The van der Waals surface area contributed by atoms with E-state index in [1.54, 1.807) is 34.1 Å². The lowest BCUT2D eigenvalue weighted by atomic mass is 9.94. The fourth-order valence-corrected chi connectivity index (χ4v) is 3.41. The van der Waals surface area contributed by atoms with Gasteiger partial charge in [0.1, 0.15) is 5.60 Å². The minimum absolute atomic E-state index is 0.0138. The van der Waals surface area contributed by atoms with Gasteiger partial charge in [0, 0.05) is 30.4 Å². The Balaban J connectivity index is 1.58. The average Bonchev–Trinajstić information content (AvgIpc) is 3.12. The Morgan fingerprint density at radius 1 is 1.24 bits per heavy atom. The summed E-state index contributed by atoms with van der Waals surface area (Å²) in [5, 5.41) is 7.98. The molecule has 1 saturated heterocycles. The molecule has 0 bridgehead atoms. The van der Waals surface area contributed by atoms with Crippen LogP contribution in [-0.2, 0) is 4.74 Å². The molecule has 0 aliphatic carbocycles. The van der Waals surface area contributed by atoms with Crippen molar-refractivity contribution in [1.29, 1.82) is 0 Å². The van der Waals surface area contributed by atoms with E-state index in [1.807, 2.05) is 39.8 Å². The van der Waals surface area contributed by atoms with Gasteiger partial charge in [0.15, 0.2) is 0 Å². The zero-order chi connectivity index (χ0) is 21.2. The van der Waals surface area contributed by atoms with Crippen LogP contribution in [0.2, 0.25) is 5.02 Å². The van der Waals surface area contributed by atoms with Gasteiger partial charge in [-0.25, -0.2) is 9.48 Å². The number of amides is 2. The summed E-state index contributed by atoms with van der Waals surface area (Å²) in [7, 11) is 0. The molecule has 1 aromatic heterocycles. The quantitative estimate of drug-likeness (QED) is 0.820. The van der Waals surface area contributed by atoms with Crippen molar-refractivity contribution in [2.24, 2.45) is 5.92 Å². The van der Waals surface area contributed by atoms with Crippen LogP contribution in [0, 0.1) is 5.92 Å². The Morgan fingerprint density at radius 2 is 1.93 bits per heavy atom. The fraction of sp³-hybridized carbons (Fsp3) is 0.476. The van der Waals surface area contributed by atoms with Crippen molar-refractivity contribution in [1.82, 2.24) is 20.0 Å². The number of hydrogen-bond donors (Lipinski definition) is 1. The maximum absolute atomic E-state index is 12.7. The summed E-state index contributed by atoms with van der Waals surface area (Å²) < 4.78 is 7.08. The highest BCUT2D eigenvalue weighted by Crippen LogP contribution is 2.20. The standard InChI is InChI=1S/C21H27ClN4O3/c1-14-12-25(20(28)29-21(2,3)4)10-9-18(14)24-19(27)15-11-23-26(13-15)17-7-5-16(22)6-8-17/h5-8,11,13-14,18H,9-10,12H2,1-4H3,(H,24,27)/t14-,18-/m0/s1. The third-order valence-electron chi connectivity index (χ3n) is 4.81. The average molecular weight is 419 g/mol. The van der Waals surface area contributed by atoms with E-state index in [1.165, 1.54) is 0 Å². The molecule has 2 aromatic rings. The zero-order valence-electron chi connectivity index (χ0n) is 17.2. The smallest absolute Gasteiger partial charge is 0.410 e. The molecule has 2 amide bonds. The predicted octanol–water partition coefficient (Wildman–Crippen LogP) is 3.90. The van der Waals surface area contributed by atoms with E-state index >= 15 is 0 Å². The predicted molar refractivity (Wildman–Crippen MR) is 111 cm³/mol. The molecule has 0 spiro atoms. The van der Waals surface area contributed by atoms with Crippen LogP contribution in [0.15, 0.2) is 36.7 Å². The summed E-state index contributed by atoms with van der Waals surface area (Å²) in [6, 6.07) is 7.22. The van der Waals surface area contributed by atoms with Gasteiger partial charge >= 0.3 is 6.09 Å². The van der Waals surface area contributed by atoms with Crippen molar-refractivity contribution in [3.63, 3.8) is 0 Å². The molecule has 156 valence electrons. The number of piperidine rings is 1. The molecule has 7 nitrogen and oxygen atoms in total. The van der Waals surface area contributed by atoms with Crippen LogP contribution in [-0.4, -0.2) is 51.4 Å². The number of benzene rings is 1. The second-order valence-electron chi connectivity index (χ2n) is 8.42. The second-order valence-corrected chi connectivity index (χ2v) is 8.86. The third kappa shape index (κ3) is 5.50. The Kier molecular flexibility index (Phi) is 6.17. The molecule has 2 heterocycles. The number of likely N-dealkylation sites (tertiary alicyclic amines) is 1. The number of carbonyl (C=O) groups excluding carboxylic acids is 2. The number of ether oxygens (including phenoxy) is 1. The largest absolute Gasteiger partial charge is 0.444 e. The van der Waals surface area contributed by atoms with Crippen molar-refractivity contribution in [2.75, 3.05) is 13.1 Å². The highest BCUT2D eigenvalue weighted by molar-refractivity contribution is 6.30. The Bertz CT molecular complexity index is 873. The number of rotatable bonds is 3. The summed E-state index contributed by atoms with van der Waals surface area (Å²) >= 11 is 5.91. The number of carbonyl (C=O) groups is 2. The Labute approximate surface area is 176 Å². The lowest BCUT2D eigenvalue weighted by Crippen LogP contribution is -2.52. The molecular formula is C21H27ClN4O3. The summed E-state index contributed by atoms with van der Waals surface area (Å²) in [5.74, 6) is -0.0562. The van der Waals surface area contributed by atoms with E-state index in [4.69, 9.17) is 16.3 Å². The van der Waals surface area contributed by atoms with Gasteiger partial charge in [-0.1, -0.05) is 18.5 Å². The maximum Gasteiger partial charge on any atom is 0.410 e. The minimum Gasteiger partial charge on any atom is -0.444 e. The van der Waals surface area contributed by atoms with Gasteiger partial charge in [-0.3, -0.25) is 4.79 Å². The van der Waals surface area contributed by atoms with Gasteiger partial charge in [-0.2, -0.15) is 5.10 Å². The van der Waals surface area contributed by atoms with Crippen LogP contribution in [0.4, 0.5) is 4.79 Å². The lowest BCUT2D eigenvalue weighted by Gasteiger charge is -2.37. The first kappa shape index (κ1) is 21.2. The van der Waals surface area contributed by atoms with Crippen molar-refractivity contribution >= 4 is 23.6 Å². The molecule has 1 aliphatic heterocycles. The molecule has 8 heteroatoms. The van der Waals surface area contributed by atoms with Gasteiger partial charge in [0.25, 0.3) is 5.91 Å². The van der Waals surface area contributed by atoms with E-state index in [9.17, 15) is 9.59 Å². The van der Waals surface area contributed by atoms with Gasteiger partial charge in [0.2, 0.25) is 0 Å². The van der Waals surface area contributed by atoms with Crippen molar-refractivity contribution in [2.45, 2.75) is 45.8 Å². The van der Waals surface area contributed by atoms with Gasteiger partial charge in [-0.05, 0) is 57.4 Å². The molecule has 29 heavy (non-hydrogen) atoms. The lowest BCUT2D eigenvalue weighted by molar-refractivity contribution is 0.0145. The topological polar surface area (TPSA) is 76.5 Å². The molecular weight excluding hydrogens is 392 g/mol. The molecule has 0 saturated carbocycles. The SMILES string of the molecule is C[C@H]1CN(C(=O)OC(C)(C)C)CC[C@@H]1NC(=O)c1cnn(-c2ccc(Cl)cc2)c1. The van der Waals surface area contributed by atoms with E-state index in [0.29, 0.717) is 30.1 Å². The van der Waals surface area contributed by atoms with E-state index in [-0.39, 0.29) is 24.0 Å². The molecule has 3 rings (SSSR count). The first-order valence-corrected chi connectivity index (χ1v) is 10.1. The van der Waals surface area contributed by atoms with Crippen molar-refractivity contribution in [3.05, 3.63) is 47.2 Å². The first-order valence-electron chi connectivity index (χ1n) is 9.72. The van der Waals surface area contributed by atoms with Crippen LogP contribution in [0.25, 0.3) is 5.69 Å². The van der Waals surface area contributed by atoms with Crippen LogP contribution >= 0.6 is 11.6 Å². The molecule has 1 N–H and O–H groups in total. The second kappa shape index (κ2) is 8.45. The van der Waals surface area contributed by atoms with Crippen molar-refractivity contribution < 1.29 is 14.3 Å². The normalized spacial score (nSPS) is 19.7. The minimum atomic E-state index is -0.518. The van der Waals surface area contributed by atoms with Gasteiger partial charge in [0.05, 0.1) is 17.4 Å². The van der Waals surface area contributed by atoms with Crippen molar-refractivity contribution in [3.8, 4) is 5.69 Å². The van der Waals surface area contributed by atoms with E-state index < -0.39 is 5.60 Å². The van der Waals surface area contributed by atoms with E-state index in [2.05, 4.69) is 10.4 Å². The number of nitrogens with zero attached hydrogens (tertiary/aromatic N) is 3. The maximum atomic E-state index is 12.7. The molecule has 1 aromatic carbocycles. The highest BCUT2D eigenvalue weighted by atomic mass is 35.5. The summed E-state index contributed by atoms with van der Waals surface area (Å²) in [6.07, 6.45) is 3.61. The zero-order valence-corrected chi connectivity index (χ0v) is 17.9. The summed E-state index contributed by atoms with van der Waals surface area (Å²) in [4.78, 5) is 26.6. The van der Waals surface area contributed by atoms with E-state index in [0.717, 1.165) is 5.69 Å². The Morgan fingerprint density at radius 3 is 2.55 bits per heavy atom. The van der Waals surface area contributed by atoms with Crippen LogP contribution in [0.5, 0.6) is 0 Å². The molecule has 0 radical (unpaired) electrons.